The van der Waals surface area contributed by atoms with Gasteiger partial charge in [0.1, 0.15) is 17.9 Å². The van der Waals surface area contributed by atoms with E-state index in [-0.39, 0.29) is 18.3 Å². The van der Waals surface area contributed by atoms with E-state index in [1.165, 1.54) is 13.3 Å². The molecule has 2 aromatic heterocycles. The second kappa shape index (κ2) is 5.13. The van der Waals surface area contributed by atoms with Gasteiger partial charge in [0, 0.05) is 6.92 Å². The van der Waals surface area contributed by atoms with Crippen LogP contribution >= 0.6 is 0 Å². The molecular formula is C13H15N5O3. The van der Waals surface area contributed by atoms with Gasteiger partial charge in [0.05, 0.1) is 12.4 Å². The maximum Gasteiger partial charge on any atom is 0.303 e. The van der Waals surface area contributed by atoms with Crippen molar-refractivity contribution in [2.45, 2.75) is 32.3 Å². The molecule has 2 aromatic rings. The van der Waals surface area contributed by atoms with Crippen molar-refractivity contribution < 1.29 is 14.3 Å². The Morgan fingerprint density at radius 3 is 2.90 bits per heavy atom. The van der Waals surface area contributed by atoms with Gasteiger partial charge in [-0.05, 0) is 19.1 Å². The molecule has 0 aromatic carbocycles. The molecule has 0 spiro atoms. The fourth-order valence-corrected chi connectivity index (χ4v) is 2.25. The fraction of sp³-hybridized carbons (Fsp3) is 0.385. The van der Waals surface area contributed by atoms with Gasteiger partial charge >= 0.3 is 5.97 Å². The maximum absolute atomic E-state index is 11.0. The van der Waals surface area contributed by atoms with Crippen LogP contribution in [0.4, 0.5) is 5.82 Å². The summed E-state index contributed by atoms with van der Waals surface area (Å²) in [4.78, 5) is 23.3. The molecule has 0 amide bonds. The number of anilines is 1. The zero-order chi connectivity index (χ0) is 15.0. The van der Waals surface area contributed by atoms with E-state index < -0.39 is 6.10 Å². The van der Waals surface area contributed by atoms with Crippen LogP contribution < -0.4 is 5.73 Å². The SMILES string of the molecule is CC(=O)O[C@@H]1C=C[C@@H](n2cnc3c(N)ncnc32)O[C@H]1C. The number of nitrogens with zero attached hydrogens (tertiary/aromatic N) is 4. The molecule has 21 heavy (non-hydrogen) atoms. The van der Waals surface area contributed by atoms with Crippen LogP contribution in [0.1, 0.15) is 20.1 Å². The molecule has 110 valence electrons. The number of carbonyl (C=O) groups excluding carboxylic acids is 1. The summed E-state index contributed by atoms with van der Waals surface area (Å²) < 4.78 is 12.8. The van der Waals surface area contributed by atoms with Crippen molar-refractivity contribution >= 4 is 23.0 Å². The lowest BCUT2D eigenvalue weighted by Crippen LogP contribution is -2.34. The van der Waals surface area contributed by atoms with E-state index in [0.29, 0.717) is 17.0 Å². The number of hydrogen-bond acceptors (Lipinski definition) is 7. The predicted octanol–water partition coefficient (Wildman–Crippen LogP) is 0.814. The van der Waals surface area contributed by atoms with Gasteiger partial charge in [-0.1, -0.05) is 0 Å². The summed E-state index contributed by atoms with van der Waals surface area (Å²) in [6.07, 6.45) is 5.53. The normalized spacial score (nSPS) is 25.1. The Hall–Kier alpha value is -2.48. The Bertz CT molecular complexity index is 711. The minimum atomic E-state index is -0.395. The number of hydrogen-bond donors (Lipinski definition) is 1. The van der Waals surface area contributed by atoms with Crippen molar-refractivity contribution in [3.63, 3.8) is 0 Å². The summed E-state index contributed by atoms with van der Waals surface area (Å²) >= 11 is 0. The molecule has 0 saturated heterocycles. The van der Waals surface area contributed by atoms with Crippen molar-refractivity contribution in [1.29, 1.82) is 0 Å². The highest BCUT2D eigenvalue weighted by molar-refractivity contribution is 5.81. The number of fused-ring (bicyclic) bond motifs is 1. The van der Waals surface area contributed by atoms with Gasteiger partial charge in [-0.25, -0.2) is 15.0 Å². The molecule has 0 radical (unpaired) electrons. The lowest BCUT2D eigenvalue weighted by atomic mass is 10.1. The summed E-state index contributed by atoms with van der Waals surface area (Å²) in [6.45, 7) is 3.21. The van der Waals surface area contributed by atoms with E-state index in [1.807, 2.05) is 6.92 Å². The van der Waals surface area contributed by atoms with Gasteiger partial charge in [-0.3, -0.25) is 9.36 Å². The predicted molar refractivity (Wildman–Crippen MR) is 74.0 cm³/mol. The third-order valence-corrected chi connectivity index (χ3v) is 3.25. The summed E-state index contributed by atoms with van der Waals surface area (Å²) in [5, 5.41) is 0. The number of nitrogen functional groups attached to an aromatic ring is 1. The molecule has 0 saturated carbocycles. The zero-order valence-electron chi connectivity index (χ0n) is 11.6. The smallest absolute Gasteiger partial charge is 0.303 e. The van der Waals surface area contributed by atoms with E-state index in [1.54, 1.807) is 23.0 Å². The second-order valence-corrected chi connectivity index (χ2v) is 4.77. The summed E-state index contributed by atoms with van der Waals surface area (Å²) in [5.41, 5.74) is 6.88. The maximum atomic E-state index is 11.0. The van der Waals surface area contributed by atoms with E-state index in [4.69, 9.17) is 15.2 Å². The lowest BCUT2D eigenvalue weighted by Gasteiger charge is -2.30. The van der Waals surface area contributed by atoms with E-state index in [9.17, 15) is 4.79 Å². The number of nitrogens with two attached hydrogens (primary N) is 1. The standard InChI is InChI=1S/C13H15N5O3/c1-7-9(21-8(2)19)3-4-10(20-7)18-6-17-11-12(14)15-5-16-13(11)18/h3-7,9-10H,1-2H3,(H2,14,15,16)/t7-,9+,10-/m0/s1. The minimum Gasteiger partial charge on any atom is -0.456 e. The average Bonchev–Trinajstić information content (AvgIpc) is 2.86. The molecule has 0 fully saturated rings. The Kier molecular flexibility index (Phi) is 3.30. The molecule has 0 bridgehead atoms. The number of esters is 1. The van der Waals surface area contributed by atoms with Crippen LogP contribution in [0, 0.1) is 0 Å². The Morgan fingerprint density at radius 2 is 2.19 bits per heavy atom. The van der Waals surface area contributed by atoms with Crippen molar-refractivity contribution in [2.24, 2.45) is 0 Å². The summed E-state index contributed by atoms with van der Waals surface area (Å²) in [7, 11) is 0. The molecule has 1 aliphatic rings. The van der Waals surface area contributed by atoms with E-state index >= 15 is 0 Å². The molecule has 2 N–H and O–H groups in total. The molecule has 8 heteroatoms. The summed E-state index contributed by atoms with van der Waals surface area (Å²) in [6, 6.07) is 0. The average molecular weight is 289 g/mol. The van der Waals surface area contributed by atoms with E-state index in [0.717, 1.165) is 0 Å². The Balaban J connectivity index is 1.91. The van der Waals surface area contributed by atoms with Crippen LogP contribution in [0.25, 0.3) is 11.2 Å². The first-order valence-corrected chi connectivity index (χ1v) is 6.50. The van der Waals surface area contributed by atoms with Gasteiger partial charge in [-0.15, -0.1) is 0 Å². The highest BCUT2D eigenvalue weighted by Crippen LogP contribution is 2.26. The van der Waals surface area contributed by atoms with Crippen LogP contribution in [-0.2, 0) is 14.3 Å². The fourth-order valence-electron chi connectivity index (χ4n) is 2.25. The third-order valence-electron chi connectivity index (χ3n) is 3.25. The monoisotopic (exact) mass is 289 g/mol. The molecule has 0 aliphatic carbocycles. The van der Waals surface area contributed by atoms with Crippen molar-refractivity contribution in [1.82, 2.24) is 19.5 Å². The highest BCUT2D eigenvalue weighted by atomic mass is 16.6. The quantitative estimate of drug-likeness (QED) is 0.644. The number of imidazole rings is 1. The first kappa shape index (κ1) is 13.5. The number of aromatic nitrogens is 4. The molecule has 3 rings (SSSR count). The topological polar surface area (TPSA) is 105 Å². The van der Waals surface area contributed by atoms with Crippen LogP contribution in [0.15, 0.2) is 24.8 Å². The Morgan fingerprint density at radius 1 is 1.38 bits per heavy atom. The van der Waals surface area contributed by atoms with Crippen molar-refractivity contribution in [3.8, 4) is 0 Å². The van der Waals surface area contributed by atoms with Crippen molar-refractivity contribution in [3.05, 3.63) is 24.8 Å². The molecule has 3 atom stereocenters. The number of ether oxygens (including phenoxy) is 2. The van der Waals surface area contributed by atoms with E-state index in [2.05, 4.69) is 15.0 Å². The summed E-state index contributed by atoms with van der Waals surface area (Å²) in [5.74, 6) is -0.0171. The van der Waals surface area contributed by atoms with Gasteiger partial charge in [0.15, 0.2) is 17.7 Å². The third kappa shape index (κ3) is 2.45. The largest absolute Gasteiger partial charge is 0.456 e. The van der Waals surface area contributed by atoms with Gasteiger partial charge in [-0.2, -0.15) is 0 Å². The van der Waals surface area contributed by atoms with Crippen LogP contribution in [-0.4, -0.2) is 37.7 Å². The van der Waals surface area contributed by atoms with Gasteiger partial charge in [0.25, 0.3) is 0 Å². The van der Waals surface area contributed by atoms with Crippen LogP contribution in [0.3, 0.4) is 0 Å². The molecular weight excluding hydrogens is 274 g/mol. The van der Waals surface area contributed by atoms with Gasteiger partial charge in [0.2, 0.25) is 0 Å². The molecule has 1 aliphatic heterocycles. The number of rotatable bonds is 2. The minimum absolute atomic E-state index is 0.277. The second-order valence-electron chi connectivity index (χ2n) is 4.77. The highest BCUT2D eigenvalue weighted by Gasteiger charge is 2.27. The Labute approximate surface area is 120 Å². The molecule has 0 unspecified atom stereocenters. The lowest BCUT2D eigenvalue weighted by molar-refractivity contribution is -0.155. The first-order valence-electron chi connectivity index (χ1n) is 6.50. The van der Waals surface area contributed by atoms with Crippen molar-refractivity contribution in [2.75, 3.05) is 5.73 Å². The first-order chi connectivity index (χ1) is 10.1. The zero-order valence-corrected chi connectivity index (χ0v) is 11.6. The number of carbonyl (C=O) groups is 1. The van der Waals surface area contributed by atoms with Crippen LogP contribution in [0.2, 0.25) is 0 Å². The molecule has 3 heterocycles. The van der Waals surface area contributed by atoms with Gasteiger partial charge < -0.3 is 15.2 Å². The van der Waals surface area contributed by atoms with Crippen LogP contribution in [0.5, 0.6) is 0 Å². The molecule has 8 nitrogen and oxygen atoms in total.